The van der Waals surface area contributed by atoms with Crippen molar-refractivity contribution in [2.45, 2.75) is 26.3 Å². The maximum atomic E-state index is 12.8. The molecular weight excluding hydrogens is 370 g/mol. The summed E-state index contributed by atoms with van der Waals surface area (Å²) in [6.07, 6.45) is 0.476. The van der Waals surface area contributed by atoms with Crippen LogP contribution in [-0.2, 0) is 4.79 Å². The van der Waals surface area contributed by atoms with Crippen LogP contribution in [-0.4, -0.2) is 44.7 Å². The molecule has 2 aromatic carbocycles. The average Bonchev–Trinajstić information content (AvgIpc) is 3.35. The molecule has 0 spiro atoms. The first-order valence-corrected chi connectivity index (χ1v) is 9.49. The predicted octanol–water partition coefficient (Wildman–Crippen LogP) is 3.65. The Morgan fingerprint density at radius 3 is 2.07 bits per heavy atom. The van der Waals surface area contributed by atoms with E-state index in [1.54, 1.807) is 36.1 Å². The van der Waals surface area contributed by atoms with Crippen molar-refractivity contribution in [1.29, 1.82) is 0 Å². The Kier molecular flexibility index (Phi) is 4.88. The molecule has 1 N–H and O–H groups in total. The third-order valence-corrected chi connectivity index (χ3v) is 5.44. The minimum Gasteiger partial charge on any atom is -0.481 e. The lowest BCUT2D eigenvalue weighted by Gasteiger charge is -2.23. The van der Waals surface area contributed by atoms with Crippen LogP contribution in [0.15, 0.2) is 52.9 Å². The lowest BCUT2D eigenvalue weighted by molar-refractivity contribution is -0.142. The number of carboxylic acid groups (broad SMARTS) is 1. The van der Waals surface area contributed by atoms with Crippen molar-refractivity contribution in [2.24, 2.45) is 5.92 Å². The molecule has 1 aliphatic rings. The second kappa shape index (κ2) is 7.50. The maximum Gasteiger partial charge on any atom is 0.308 e. The Balaban J connectivity index is 1.50. The number of aryl methyl sites for hydroxylation is 1. The van der Waals surface area contributed by atoms with Crippen LogP contribution in [0.4, 0.5) is 0 Å². The van der Waals surface area contributed by atoms with Crippen LogP contribution < -0.4 is 0 Å². The van der Waals surface area contributed by atoms with E-state index in [1.165, 1.54) is 0 Å². The van der Waals surface area contributed by atoms with Gasteiger partial charge in [-0.1, -0.05) is 17.7 Å². The molecular formula is C22H21N3O4. The minimum atomic E-state index is -0.857. The summed E-state index contributed by atoms with van der Waals surface area (Å²) in [4.78, 5) is 25.7. The number of aromatic nitrogens is 2. The highest BCUT2D eigenvalue weighted by Crippen LogP contribution is 2.28. The van der Waals surface area contributed by atoms with Gasteiger partial charge >= 0.3 is 5.97 Å². The minimum absolute atomic E-state index is 0.168. The van der Waals surface area contributed by atoms with Crippen LogP contribution >= 0.6 is 0 Å². The molecule has 1 amide bonds. The smallest absolute Gasteiger partial charge is 0.308 e. The Morgan fingerprint density at radius 1 is 1.00 bits per heavy atom. The number of carboxylic acids is 1. The van der Waals surface area contributed by atoms with Gasteiger partial charge in [-0.15, -0.1) is 10.2 Å². The lowest BCUT2D eigenvalue weighted by atomic mass is 10.0. The van der Waals surface area contributed by atoms with Crippen LogP contribution in [0.5, 0.6) is 0 Å². The molecule has 1 fully saturated rings. The van der Waals surface area contributed by atoms with Crippen molar-refractivity contribution < 1.29 is 19.1 Å². The highest BCUT2D eigenvalue weighted by molar-refractivity contribution is 5.95. The summed E-state index contributed by atoms with van der Waals surface area (Å²) in [5.74, 6) is -0.731. The van der Waals surface area contributed by atoms with Gasteiger partial charge in [0.2, 0.25) is 11.8 Å². The second-order valence-corrected chi connectivity index (χ2v) is 7.33. The first-order chi connectivity index (χ1) is 13.9. The van der Waals surface area contributed by atoms with Crippen LogP contribution in [0.3, 0.4) is 0 Å². The first kappa shape index (κ1) is 18.9. The molecule has 1 saturated heterocycles. The summed E-state index contributed by atoms with van der Waals surface area (Å²) in [5.41, 5.74) is 3.21. The quantitative estimate of drug-likeness (QED) is 0.729. The van der Waals surface area contributed by atoms with Crippen molar-refractivity contribution >= 4 is 11.9 Å². The van der Waals surface area contributed by atoms with E-state index in [4.69, 9.17) is 4.42 Å². The summed E-state index contributed by atoms with van der Waals surface area (Å²) in [7, 11) is 0. The Morgan fingerprint density at radius 2 is 1.55 bits per heavy atom. The van der Waals surface area contributed by atoms with Gasteiger partial charge in [-0.3, -0.25) is 9.59 Å². The number of hydrogen-bond donors (Lipinski definition) is 1. The summed E-state index contributed by atoms with van der Waals surface area (Å²) >= 11 is 0. The number of nitrogens with zero attached hydrogens (tertiary/aromatic N) is 3. The molecule has 7 heteroatoms. The third-order valence-electron chi connectivity index (χ3n) is 5.44. The summed E-state index contributed by atoms with van der Waals surface area (Å²) in [5, 5.41) is 17.5. The van der Waals surface area contributed by atoms with Crippen LogP contribution in [0, 0.1) is 12.8 Å². The average molecular weight is 391 g/mol. The molecule has 1 aliphatic heterocycles. The fourth-order valence-corrected chi connectivity index (χ4v) is 3.63. The van der Waals surface area contributed by atoms with Gasteiger partial charge in [0.1, 0.15) is 0 Å². The van der Waals surface area contributed by atoms with E-state index in [-0.39, 0.29) is 11.9 Å². The van der Waals surface area contributed by atoms with Crippen molar-refractivity contribution in [3.05, 3.63) is 59.7 Å². The zero-order chi connectivity index (χ0) is 20.5. The molecule has 7 nitrogen and oxygen atoms in total. The molecule has 0 radical (unpaired) electrons. The number of hydrogen-bond acceptors (Lipinski definition) is 5. The van der Waals surface area contributed by atoms with Gasteiger partial charge < -0.3 is 14.4 Å². The first-order valence-electron chi connectivity index (χ1n) is 9.49. The Bertz CT molecular complexity index is 1040. The second-order valence-electron chi connectivity index (χ2n) is 7.33. The Hall–Kier alpha value is -3.48. The van der Waals surface area contributed by atoms with Crippen LogP contribution in [0.2, 0.25) is 0 Å². The van der Waals surface area contributed by atoms with Crippen LogP contribution in [0.1, 0.15) is 29.3 Å². The number of carbonyl (C=O) groups excluding carboxylic acids is 1. The number of carbonyl (C=O) groups is 2. The van der Waals surface area contributed by atoms with Crippen molar-refractivity contribution in [2.75, 3.05) is 6.54 Å². The van der Waals surface area contributed by atoms with Crippen molar-refractivity contribution in [3.8, 4) is 22.9 Å². The van der Waals surface area contributed by atoms with E-state index in [9.17, 15) is 14.7 Å². The molecule has 0 bridgehead atoms. The number of amides is 1. The lowest BCUT2D eigenvalue weighted by Crippen LogP contribution is -2.37. The molecule has 3 aromatic rings. The van der Waals surface area contributed by atoms with Gasteiger partial charge in [-0.05, 0) is 56.7 Å². The fourth-order valence-electron chi connectivity index (χ4n) is 3.63. The third kappa shape index (κ3) is 3.63. The van der Waals surface area contributed by atoms with E-state index in [2.05, 4.69) is 10.2 Å². The van der Waals surface area contributed by atoms with Gasteiger partial charge in [0.25, 0.3) is 5.91 Å². The van der Waals surface area contributed by atoms with E-state index >= 15 is 0 Å². The van der Waals surface area contributed by atoms with E-state index < -0.39 is 11.9 Å². The van der Waals surface area contributed by atoms with Crippen molar-refractivity contribution in [1.82, 2.24) is 15.1 Å². The summed E-state index contributed by atoms with van der Waals surface area (Å²) < 4.78 is 5.77. The van der Waals surface area contributed by atoms with Gasteiger partial charge in [0.05, 0.1) is 5.92 Å². The monoisotopic (exact) mass is 391 g/mol. The topological polar surface area (TPSA) is 96.5 Å². The largest absolute Gasteiger partial charge is 0.481 e. The highest BCUT2D eigenvalue weighted by Gasteiger charge is 2.38. The van der Waals surface area contributed by atoms with Gasteiger partial charge in [-0.25, -0.2) is 0 Å². The number of likely N-dealkylation sites (tertiary alicyclic amines) is 1. The highest BCUT2D eigenvalue weighted by atomic mass is 16.4. The Labute approximate surface area is 168 Å². The van der Waals surface area contributed by atoms with Crippen LogP contribution in [0.25, 0.3) is 22.9 Å². The molecule has 29 heavy (non-hydrogen) atoms. The predicted molar refractivity (Wildman–Crippen MR) is 106 cm³/mol. The molecule has 1 aromatic heterocycles. The molecule has 148 valence electrons. The van der Waals surface area contributed by atoms with Gasteiger partial charge in [0, 0.05) is 29.3 Å². The van der Waals surface area contributed by atoms with E-state index in [0.29, 0.717) is 35.9 Å². The standard InChI is InChI=1S/C22H21N3O4/c1-13-3-5-15(6-4-13)19-23-24-20(29-19)16-7-9-17(10-8-16)21(26)25-12-11-18(14(25)2)22(27)28/h3-10,14,18H,11-12H2,1-2H3,(H,27,28). The van der Waals surface area contributed by atoms with E-state index in [0.717, 1.165) is 11.1 Å². The number of aliphatic carboxylic acids is 1. The fraction of sp³-hybridized carbons (Fsp3) is 0.273. The van der Waals surface area contributed by atoms with Gasteiger partial charge in [-0.2, -0.15) is 0 Å². The molecule has 2 unspecified atom stereocenters. The molecule has 4 rings (SSSR count). The molecule has 0 saturated carbocycles. The van der Waals surface area contributed by atoms with E-state index in [1.807, 2.05) is 31.2 Å². The molecule has 2 atom stereocenters. The SMILES string of the molecule is Cc1ccc(-c2nnc(-c3ccc(C(=O)N4CCC(C(=O)O)C4C)cc3)o2)cc1. The summed E-state index contributed by atoms with van der Waals surface area (Å²) in [6, 6.07) is 14.4. The number of benzene rings is 2. The molecule has 0 aliphatic carbocycles. The zero-order valence-electron chi connectivity index (χ0n) is 16.2. The van der Waals surface area contributed by atoms with Crippen molar-refractivity contribution in [3.63, 3.8) is 0 Å². The molecule has 2 heterocycles. The maximum absolute atomic E-state index is 12.8. The zero-order valence-corrected chi connectivity index (χ0v) is 16.2. The van der Waals surface area contributed by atoms with Gasteiger partial charge in [0.15, 0.2) is 0 Å². The summed E-state index contributed by atoms with van der Waals surface area (Å²) in [6.45, 7) is 4.24. The normalized spacial score (nSPS) is 18.8. The number of rotatable bonds is 4.